The maximum atomic E-state index is 12.6. The molecule has 0 aliphatic carbocycles. The van der Waals surface area contributed by atoms with Crippen molar-refractivity contribution in [3.8, 4) is 5.75 Å². The number of hydrogen-bond donors (Lipinski definition) is 1. The summed E-state index contributed by atoms with van der Waals surface area (Å²) in [6.45, 7) is 1.57. The van der Waals surface area contributed by atoms with Gasteiger partial charge in [0.1, 0.15) is 11.8 Å². The van der Waals surface area contributed by atoms with Crippen LogP contribution in [0.2, 0.25) is 0 Å². The maximum Gasteiger partial charge on any atom is 0.329 e. The van der Waals surface area contributed by atoms with Crippen molar-refractivity contribution in [1.29, 1.82) is 0 Å². The van der Waals surface area contributed by atoms with E-state index in [2.05, 4.69) is 5.32 Å². The number of morpholine rings is 1. The molecular weight excluding hydrogens is 384 g/mol. The fourth-order valence-corrected chi connectivity index (χ4v) is 3.16. The number of amides is 2. The van der Waals surface area contributed by atoms with Gasteiger partial charge in [0.15, 0.2) is 6.61 Å². The van der Waals surface area contributed by atoms with E-state index in [-0.39, 0.29) is 12.5 Å². The van der Waals surface area contributed by atoms with Gasteiger partial charge >= 0.3 is 5.97 Å². The third kappa shape index (κ3) is 6.42. The van der Waals surface area contributed by atoms with Crippen LogP contribution in [0.15, 0.2) is 24.3 Å². The minimum absolute atomic E-state index is 0.267. The third-order valence-corrected chi connectivity index (χ3v) is 4.90. The van der Waals surface area contributed by atoms with E-state index < -0.39 is 17.9 Å². The Morgan fingerprint density at radius 1 is 1.25 bits per heavy atom. The van der Waals surface area contributed by atoms with E-state index in [1.165, 1.54) is 7.11 Å². The zero-order chi connectivity index (χ0) is 20.4. The van der Waals surface area contributed by atoms with Crippen LogP contribution in [0.5, 0.6) is 5.75 Å². The molecule has 1 N–H and O–H groups in total. The smallest absolute Gasteiger partial charge is 0.329 e. The lowest BCUT2D eigenvalue weighted by atomic mass is 10.1. The van der Waals surface area contributed by atoms with Crippen molar-refractivity contribution in [2.24, 2.45) is 0 Å². The number of nitrogens with one attached hydrogen (secondary N) is 1. The second-order valence-electron chi connectivity index (χ2n) is 6.11. The Morgan fingerprint density at radius 3 is 2.64 bits per heavy atom. The summed E-state index contributed by atoms with van der Waals surface area (Å²) in [4.78, 5) is 38.8. The second kappa shape index (κ2) is 11.6. The number of thioether (sulfide) groups is 1. The maximum absolute atomic E-state index is 12.6. The zero-order valence-corrected chi connectivity index (χ0v) is 17.0. The van der Waals surface area contributed by atoms with Crippen molar-refractivity contribution >= 4 is 29.5 Å². The molecule has 2 rings (SSSR count). The van der Waals surface area contributed by atoms with Crippen LogP contribution in [0, 0.1) is 0 Å². The molecule has 0 unspecified atom stereocenters. The molecule has 9 heteroatoms. The van der Waals surface area contributed by atoms with Crippen LogP contribution in [-0.2, 0) is 19.1 Å². The van der Waals surface area contributed by atoms with Gasteiger partial charge in [0.25, 0.3) is 11.8 Å². The minimum atomic E-state index is -0.845. The zero-order valence-electron chi connectivity index (χ0n) is 16.1. The number of esters is 1. The lowest BCUT2D eigenvalue weighted by Crippen LogP contribution is -2.45. The first-order chi connectivity index (χ1) is 13.6. The summed E-state index contributed by atoms with van der Waals surface area (Å²) in [5.41, 5.74) is 0.330. The van der Waals surface area contributed by atoms with E-state index in [1.807, 2.05) is 6.26 Å². The van der Waals surface area contributed by atoms with Crippen LogP contribution in [0.4, 0.5) is 0 Å². The van der Waals surface area contributed by atoms with Gasteiger partial charge < -0.3 is 24.4 Å². The summed E-state index contributed by atoms with van der Waals surface area (Å²) in [6.07, 6.45) is 2.30. The topological polar surface area (TPSA) is 94.2 Å². The summed E-state index contributed by atoms with van der Waals surface area (Å²) < 4.78 is 15.6. The molecular formula is C19H26N2O6S. The van der Waals surface area contributed by atoms with Crippen LogP contribution in [0.25, 0.3) is 0 Å². The van der Waals surface area contributed by atoms with E-state index in [1.54, 1.807) is 40.9 Å². The summed E-state index contributed by atoms with van der Waals surface area (Å²) in [5.74, 6) is -0.252. The lowest BCUT2D eigenvalue weighted by Gasteiger charge is -2.27. The molecule has 1 fully saturated rings. The molecule has 28 heavy (non-hydrogen) atoms. The molecule has 0 bridgehead atoms. The lowest BCUT2D eigenvalue weighted by molar-refractivity contribution is -0.155. The first-order valence-electron chi connectivity index (χ1n) is 9.01. The Balaban J connectivity index is 1.96. The van der Waals surface area contributed by atoms with Crippen molar-refractivity contribution in [3.05, 3.63) is 29.8 Å². The number of hydrogen-bond acceptors (Lipinski definition) is 7. The average Bonchev–Trinajstić information content (AvgIpc) is 2.75. The minimum Gasteiger partial charge on any atom is -0.496 e. The van der Waals surface area contributed by atoms with Gasteiger partial charge in [-0.3, -0.25) is 9.59 Å². The highest BCUT2D eigenvalue weighted by Gasteiger charge is 2.26. The Bertz CT molecular complexity index is 678. The fourth-order valence-electron chi connectivity index (χ4n) is 2.69. The van der Waals surface area contributed by atoms with Crippen molar-refractivity contribution in [2.75, 3.05) is 52.0 Å². The van der Waals surface area contributed by atoms with E-state index in [0.29, 0.717) is 49.8 Å². The van der Waals surface area contributed by atoms with E-state index >= 15 is 0 Å². The molecule has 0 aromatic heterocycles. The van der Waals surface area contributed by atoms with Crippen molar-refractivity contribution in [1.82, 2.24) is 10.2 Å². The Morgan fingerprint density at radius 2 is 1.96 bits per heavy atom. The normalized spacial score (nSPS) is 14.9. The van der Waals surface area contributed by atoms with Crippen molar-refractivity contribution < 1.29 is 28.6 Å². The van der Waals surface area contributed by atoms with Gasteiger partial charge in [0.05, 0.1) is 25.9 Å². The van der Waals surface area contributed by atoms with Gasteiger partial charge in [0.2, 0.25) is 0 Å². The molecule has 1 aliphatic rings. The molecule has 1 atom stereocenters. The number of benzene rings is 1. The summed E-state index contributed by atoms with van der Waals surface area (Å²) >= 11 is 1.55. The van der Waals surface area contributed by atoms with Crippen molar-refractivity contribution in [2.45, 2.75) is 12.5 Å². The van der Waals surface area contributed by atoms with Crippen molar-refractivity contribution in [3.63, 3.8) is 0 Å². The third-order valence-electron chi connectivity index (χ3n) is 4.25. The molecule has 1 saturated heterocycles. The van der Waals surface area contributed by atoms with Gasteiger partial charge in [-0.05, 0) is 30.6 Å². The number of nitrogens with zero attached hydrogens (tertiary/aromatic N) is 1. The first kappa shape index (κ1) is 22.0. The van der Waals surface area contributed by atoms with Gasteiger partial charge in [-0.15, -0.1) is 0 Å². The number of carbonyl (C=O) groups is 3. The van der Waals surface area contributed by atoms with Crippen LogP contribution in [0.1, 0.15) is 16.8 Å². The standard InChI is InChI=1S/C19H26N2O6S/c1-25-16-6-4-3-5-14(16)18(23)20-15(7-12-28-2)19(24)27-13-17(22)21-8-10-26-11-9-21/h3-6,15H,7-13H2,1-2H3,(H,20,23)/t15-/m1/s1. The van der Waals surface area contributed by atoms with Gasteiger partial charge in [0, 0.05) is 13.1 Å². The average molecular weight is 410 g/mol. The number of rotatable bonds is 9. The Kier molecular flexibility index (Phi) is 9.09. The molecule has 0 radical (unpaired) electrons. The SMILES string of the molecule is COc1ccccc1C(=O)N[C@H](CCSC)C(=O)OCC(=O)N1CCOCC1. The monoisotopic (exact) mass is 410 g/mol. The van der Waals surface area contributed by atoms with Gasteiger partial charge in [-0.2, -0.15) is 11.8 Å². The van der Waals surface area contributed by atoms with E-state index in [0.717, 1.165) is 0 Å². The van der Waals surface area contributed by atoms with Crippen LogP contribution in [-0.4, -0.2) is 80.8 Å². The van der Waals surface area contributed by atoms with E-state index in [9.17, 15) is 14.4 Å². The number of carbonyl (C=O) groups excluding carboxylic acids is 3. The second-order valence-corrected chi connectivity index (χ2v) is 7.09. The fraction of sp³-hybridized carbons (Fsp3) is 0.526. The number of methoxy groups -OCH3 is 1. The Hall–Kier alpha value is -2.26. The predicted molar refractivity (Wildman–Crippen MR) is 106 cm³/mol. The number of para-hydroxylation sites is 1. The van der Waals surface area contributed by atoms with Gasteiger partial charge in [-0.25, -0.2) is 4.79 Å². The van der Waals surface area contributed by atoms with E-state index in [4.69, 9.17) is 14.2 Å². The largest absolute Gasteiger partial charge is 0.496 e. The summed E-state index contributed by atoms with van der Waals surface area (Å²) in [5, 5.41) is 2.69. The molecule has 1 aromatic rings. The highest BCUT2D eigenvalue weighted by Crippen LogP contribution is 2.17. The molecule has 1 aromatic carbocycles. The highest BCUT2D eigenvalue weighted by molar-refractivity contribution is 7.98. The quantitative estimate of drug-likeness (QED) is 0.606. The molecule has 2 amide bonds. The predicted octanol–water partition coefficient (Wildman–Crippen LogP) is 0.949. The Labute approximate surface area is 168 Å². The van der Waals surface area contributed by atoms with Crippen LogP contribution >= 0.6 is 11.8 Å². The first-order valence-corrected chi connectivity index (χ1v) is 10.4. The summed E-state index contributed by atoms with van der Waals surface area (Å²) in [6, 6.07) is 5.92. The molecule has 0 saturated carbocycles. The molecule has 0 spiro atoms. The number of ether oxygens (including phenoxy) is 3. The van der Waals surface area contributed by atoms with Crippen LogP contribution in [0.3, 0.4) is 0 Å². The summed E-state index contributed by atoms with van der Waals surface area (Å²) in [7, 11) is 1.48. The molecule has 1 aliphatic heterocycles. The van der Waals surface area contributed by atoms with Gasteiger partial charge in [-0.1, -0.05) is 12.1 Å². The molecule has 8 nitrogen and oxygen atoms in total. The highest BCUT2D eigenvalue weighted by atomic mass is 32.2. The molecule has 1 heterocycles. The molecule has 154 valence electrons. The van der Waals surface area contributed by atoms with Crippen LogP contribution < -0.4 is 10.1 Å².